The monoisotopic (exact) mass is 210 g/mol. The number of hydrogen-bond donors (Lipinski definition) is 0. The van der Waals surface area contributed by atoms with Gasteiger partial charge in [0.1, 0.15) is 12.1 Å². The van der Waals surface area contributed by atoms with Gasteiger partial charge >= 0.3 is 0 Å². The normalized spacial score (nSPS) is 7.88. The molecular weight excluding hydrogens is 204 g/mol. The fraction of sp³-hybridized carbons (Fsp3) is 0. The standard InChI is InChI=1S/2C5H3N3/c2*6-4-5-7-2-1-3-8-5/h2*1-3H. The lowest BCUT2D eigenvalue weighted by atomic mass is 10.6. The first-order valence-corrected chi connectivity index (χ1v) is 4.21. The first-order chi connectivity index (χ1) is 7.86. The van der Waals surface area contributed by atoms with Crippen molar-refractivity contribution in [1.29, 1.82) is 10.5 Å². The molecule has 0 aliphatic heterocycles. The summed E-state index contributed by atoms with van der Waals surface area (Å²) in [5, 5.41) is 16.3. The molecule has 0 N–H and O–H groups in total. The Hall–Kier alpha value is -2.86. The van der Waals surface area contributed by atoms with Gasteiger partial charge in [0.15, 0.2) is 0 Å². The fourth-order valence-electron chi connectivity index (χ4n) is 0.714. The zero-order valence-corrected chi connectivity index (χ0v) is 8.15. The van der Waals surface area contributed by atoms with Gasteiger partial charge in [-0.25, -0.2) is 19.9 Å². The van der Waals surface area contributed by atoms with Crippen LogP contribution in [0.3, 0.4) is 0 Å². The molecule has 0 aromatic carbocycles. The van der Waals surface area contributed by atoms with Crippen molar-refractivity contribution in [2.45, 2.75) is 0 Å². The van der Waals surface area contributed by atoms with Crippen molar-refractivity contribution in [3.8, 4) is 12.1 Å². The van der Waals surface area contributed by atoms with Crippen LogP contribution in [0.1, 0.15) is 11.6 Å². The second-order valence-electron chi connectivity index (χ2n) is 2.37. The molecule has 0 aliphatic carbocycles. The van der Waals surface area contributed by atoms with E-state index in [0.717, 1.165) is 0 Å². The van der Waals surface area contributed by atoms with E-state index in [0.29, 0.717) is 0 Å². The minimum absolute atomic E-state index is 0.215. The van der Waals surface area contributed by atoms with Crippen LogP contribution in [0.5, 0.6) is 0 Å². The molecule has 0 saturated carbocycles. The molecule has 2 aromatic rings. The third-order valence-electron chi connectivity index (χ3n) is 1.33. The summed E-state index contributed by atoms with van der Waals surface area (Å²) in [7, 11) is 0. The van der Waals surface area contributed by atoms with Crippen molar-refractivity contribution in [3.05, 3.63) is 48.6 Å². The Kier molecular flexibility index (Phi) is 4.61. The molecule has 16 heavy (non-hydrogen) atoms. The fourth-order valence-corrected chi connectivity index (χ4v) is 0.714. The summed E-state index contributed by atoms with van der Waals surface area (Å²) in [6, 6.07) is 6.94. The first-order valence-electron chi connectivity index (χ1n) is 4.21. The molecule has 0 aliphatic rings. The maximum absolute atomic E-state index is 8.16. The van der Waals surface area contributed by atoms with Gasteiger partial charge in [0.05, 0.1) is 0 Å². The van der Waals surface area contributed by atoms with Gasteiger partial charge < -0.3 is 0 Å². The molecule has 0 unspecified atom stereocenters. The Balaban J connectivity index is 0.000000160. The summed E-state index contributed by atoms with van der Waals surface area (Å²) in [5.41, 5.74) is 0. The van der Waals surface area contributed by atoms with E-state index in [9.17, 15) is 0 Å². The summed E-state index contributed by atoms with van der Waals surface area (Å²) < 4.78 is 0. The van der Waals surface area contributed by atoms with Crippen molar-refractivity contribution >= 4 is 0 Å². The summed E-state index contributed by atoms with van der Waals surface area (Å²) in [4.78, 5) is 14.5. The van der Waals surface area contributed by atoms with Gasteiger partial charge in [-0.15, -0.1) is 0 Å². The second-order valence-corrected chi connectivity index (χ2v) is 2.37. The Morgan fingerprint density at radius 2 is 1.00 bits per heavy atom. The Bertz CT molecular complexity index is 447. The third kappa shape index (κ3) is 3.90. The number of hydrogen-bond acceptors (Lipinski definition) is 6. The highest BCUT2D eigenvalue weighted by atomic mass is 14.8. The van der Waals surface area contributed by atoms with Crippen LogP contribution < -0.4 is 0 Å². The van der Waals surface area contributed by atoms with Crippen molar-refractivity contribution in [2.24, 2.45) is 0 Å². The molecule has 2 aromatic heterocycles. The molecule has 6 nitrogen and oxygen atoms in total. The van der Waals surface area contributed by atoms with Crippen LogP contribution in [0.25, 0.3) is 0 Å². The summed E-state index contributed by atoms with van der Waals surface area (Å²) in [6.07, 6.45) is 6.13. The zero-order valence-electron chi connectivity index (χ0n) is 8.15. The highest BCUT2D eigenvalue weighted by molar-refractivity contribution is 5.07. The van der Waals surface area contributed by atoms with E-state index in [4.69, 9.17) is 10.5 Å². The predicted molar refractivity (Wildman–Crippen MR) is 53.5 cm³/mol. The van der Waals surface area contributed by atoms with Gasteiger partial charge in [0, 0.05) is 24.8 Å². The van der Waals surface area contributed by atoms with Crippen LogP contribution in [0.15, 0.2) is 36.9 Å². The molecule has 0 amide bonds. The highest BCUT2D eigenvalue weighted by Gasteiger charge is 1.83. The predicted octanol–water partition coefficient (Wildman–Crippen LogP) is 0.697. The first kappa shape index (κ1) is 11.2. The van der Waals surface area contributed by atoms with Gasteiger partial charge in [-0.05, 0) is 12.1 Å². The van der Waals surface area contributed by atoms with E-state index < -0.39 is 0 Å². The molecule has 2 rings (SSSR count). The lowest BCUT2D eigenvalue weighted by Gasteiger charge is -1.78. The SMILES string of the molecule is N#Cc1ncccn1.N#Cc1ncccn1. The van der Waals surface area contributed by atoms with E-state index in [1.165, 1.54) is 24.8 Å². The minimum Gasteiger partial charge on any atom is -0.228 e. The van der Waals surface area contributed by atoms with Crippen molar-refractivity contribution in [2.75, 3.05) is 0 Å². The molecule has 0 atom stereocenters. The lowest BCUT2D eigenvalue weighted by Crippen LogP contribution is -1.82. The summed E-state index contributed by atoms with van der Waals surface area (Å²) >= 11 is 0. The Morgan fingerprint density at radius 3 is 1.19 bits per heavy atom. The van der Waals surface area contributed by atoms with Crippen LogP contribution in [0, 0.1) is 22.7 Å². The quantitative estimate of drug-likeness (QED) is 0.634. The van der Waals surface area contributed by atoms with Gasteiger partial charge in [0.25, 0.3) is 0 Å². The number of nitrogens with zero attached hydrogens (tertiary/aromatic N) is 6. The van der Waals surface area contributed by atoms with Crippen molar-refractivity contribution < 1.29 is 0 Å². The van der Waals surface area contributed by atoms with E-state index >= 15 is 0 Å². The average Bonchev–Trinajstić information content (AvgIpc) is 2.41. The molecule has 76 valence electrons. The molecule has 0 saturated heterocycles. The number of aromatic nitrogens is 4. The number of rotatable bonds is 0. The Morgan fingerprint density at radius 1 is 0.688 bits per heavy atom. The topological polar surface area (TPSA) is 99.1 Å². The van der Waals surface area contributed by atoms with Gasteiger partial charge in [-0.1, -0.05) is 0 Å². The van der Waals surface area contributed by atoms with Crippen LogP contribution in [0.4, 0.5) is 0 Å². The highest BCUT2D eigenvalue weighted by Crippen LogP contribution is 1.80. The van der Waals surface area contributed by atoms with Gasteiger partial charge in [-0.3, -0.25) is 0 Å². The minimum atomic E-state index is 0.215. The molecule has 0 spiro atoms. The Labute approximate surface area is 91.9 Å². The van der Waals surface area contributed by atoms with Crippen molar-refractivity contribution in [3.63, 3.8) is 0 Å². The zero-order chi connectivity index (χ0) is 11.6. The van der Waals surface area contributed by atoms with E-state index in [1.54, 1.807) is 24.3 Å². The maximum atomic E-state index is 8.16. The second kappa shape index (κ2) is 6.57. The summed E-state index contributed by atoms with van der Waals surface area (Å²) in [5.74, 6) is 0.431. The number of nitriles is 2. The molecule has 0 fully saturated rings. The maximum Gasteiger partial charge on any atom is 0.232 e. The molecule has 2 heterocycles. The largest absolute Gasteiger partial charge is 0.232 e. The molecule has 0 bridgehead atoms. The summed E-state index contributed by atoms with van der Waals surface area (Å²) in [6.45, 7) is 0. The van der Waals surface area contributed by atoms with Crippen LogP contribution in [-0.2, 0) is 0 Å². The van der Waals surface area contributed by atoms with Crippen LogP contribution in [0.2, 0.25) is 0 Å². The van der Waals surface area contributed by atoms with E-state index in [-0.39, 0.29) is 11.6 Å². The third-order valence-corrected chi connectivity index (χ3v) is 1.33. The molecule has 0 radical (unpaired) electrons. The molecule has 6 heteroatoms. The van der Waals surface area contributed by atoms with Gasteiger partial charge in [-0.2, -0.15) is 10.5 Å². The van der Waals surface area contributed by atoms with Crippen LogP contribution in [-0.4, -0.2) is 19.9 Å². The lowest BCUT2D eigenvalue weighted by molar-refractivity contribution is 1.11. The van der Waals surface area contributed by atoms with E-state index in [2.05, 4.69) is 19.9 Å². The van der Waals surface area contributed by atoms with Crippen LogP contribution >= 0.6 is 0 Å². The van der Waals surface area contributed by atoms with E-state index in [1.807, 2.05) is 0 Å². The van der Waals surface area contributed by atoms with Gasteiger partial charge in [0.2, 0.25) is 11.6 Å². The average molecular weight is 210 g/mol. The smallest absolute Gasteiger partial charge is 0.228 e. The molecular formula is C10H6N6. The van der Waals surface area contributed by atoms with Crippen molar-refractivity contribution in [1.82, 2.24) is 19.9 Å².